The summed E-state index contributed by atoms with van der Waals surface area (Å²) in [5.74, 6) is -0.741. The SMILES string of the molecule is CCOC(=O)/C(C#N)=C/c1ccc(OC(=O)c2cccc(C)c2)cc1. The highest BCUT2D eigenvalue weighted by Gasteiger charge is 2.11. The zero-order valence-electron chi connectivity index (χ0n) is 14.0. The van der Waals surface area contributed by atoms with Gasteiger partial charge < -0.3 is 9.47 Å². The Balaban J connectivity index is 2.10. The summed E-state index contributed by atoms with van der Waals surface area (Å²) in [7, 11) is 0. The maximum absolute atomic E-state index is 12.1. The summed E-state index contributed by atoms with van der Waals surface area (Å²) in [6, 6.07) is 15.4. The molecule has 5 nitrogen and oxygen atoms in total. The average Bonchev–Trinajstić information content (AvgIpc) is 2.61. The molecular weight excluding hydrogens is 318 g/mol. The van der Waals surface area contributed by atoms with Crippen LogP contribution in [0.3, 0.4) is 0 Å². The molecule has 25 heavy (non-hydrogen) atoms. The van der Waals surface area contributed by atoms with Gasteiger partial charge in [0.05, 0.1) is 12.2 Å². The van der Waals surface area contributed by atoms with E-state index in [2.05, 4.69) is 0 Å². The molecule has 0 atom stereocenters. The van der Waals surface area contributed by atoms with Gasteiger partial charge in [-0.3, -0.25) is 0 Å². The van der Waals surface area contributed by atoms with Crippen molar-refractivity contribution in [3.63, 3.8) is 0 Å². The number of ether oxygens (including phenoxy) is 2. The average molecular weight is 335 g/mol. The summed E-state index contributed by atoms with van der Waals surface area (Å²) in [6.07, 6.45) is 1.42. The van der Waals surface area contributed by atoms with Crippen molar-refractivity contribution in [1.82, 2.24) is 0 Å². The molecule has 0 fully saturated rings. The third-order valence-corrected chi connectivity index (χ3v) is 3.27. The summed E-state index contributed by atoms with van der Waals surface area (Å²) < 4.78 is 10.1. The molecule has 0 unspecified atom stereocenters. The van der Waals surface area contributed by atoms with Crippen molar-refractivity contribution < 1.29 is 19.1 Å². The van der Waals surface area contributed by atoms with Crippen LogP contribution in [0.1, 0.15) is 28.4 Å². The first-order valence-corrected chi connectivity index (χ1v) is 7.71. The first-order chi connectivity index (χ1) is 12.0. The summed E-state index contributed by atoms with van der Waals surface area (Å²) in [6.45, 7) is 3.77. The van der Waals surface area contributed by atoms with E-state index in [1.54, 1.807) is 49.4 Å². The maximum Gasteiger partial charge on any atom is 0.348 e. The standard InChI is InChI=1S/C20H17NO4/c1-3-24-19(22)17(13-21)12-15-7-9-18(10-8-15)25-20(23)16-6-4-5-14(2)11-16/h4-12H,3H2,1-2H3/b17-12+. The van der Waals surface area contributed by atoms with Gasteiger partial charge in [0.2, 0.25) is 0 Å². The zero-order valence-corrected chi connectivity index (χ0v) is 14.0. The molecule has 0 aliphatic heterocycles. The number of benzene rings is 2. The lowest BCUT2D eigenvalue weighted by atomic mass is 10.1. The van der Waals surface area contributed by atoms with Crippen LogP contribution in [0.2, 0.25) is 0 Å². The molecule has 2 aromatic rings. The normalized spacial score (nSPS) is 10.7. The third kappa shape index (κ3) is 5.05. The van der Waals surface area contributed by atoms with Crippen LogP contribution in [0.5, 0.6) is 5.75 Å². The first-order valence-electron chi connectivity index (χ1n) is 7.71. The van der Waals surface area contributed by atoms with Gasteiger partial charge in [-0.1, -0.05) is 29.8 Å². The molecule has 2 rings (SSSR count). The molecule has 0 aromatic heterocycles. The number of carbonyl (C=O) groups is 2. The van der Waals surface area contributed by atoms with Crippen molar-refractivity contribution >= 4 is 18.0 Å². The summed E-state index contributed by atoms with van der Waals surface area (Å²) in [5.41, 5.74) is 1.97. The minimum Gasteiger partial charge on any atom is -0.462 e. The molecule has 0 heterocycles. The molecule has 0 bridgehead atoms. The Bertz CT molecular complexity index is 845. The van der Waals surface area contributed by atoms with Gasteiger partial charge in [0.1, 0.15) is 17.4 Å². The zero-order chi connectivity index (χ0) is 18.2. The predicted molar refractivity (Wildman–Crippen MR) is 92.8 cm³/mol. The van der Waals surface area contributed by atoms with Crippen LogP contribution in [-0.4, -0.2) is 18.5 Å². The minimum absolute atomic E-state index is 0.0913. The van der Waals surface area contributed by atoms with Gasteiger partial charge in [0.15, 0.2) is 0 Å². The number of carbonyl (C=O) groups excluding carboxylic acids is 2. The number of esters is 2. The van der Waals surface area contributed by atoms with Crippen LogP contribution >= 0.6 is 0 Å². The molecule has 0 spiro atoms. The van der Waals surface area contributed by atoms with Crippen LogP contribution in [-0.2, 0) is 9.53 Å². The second-order valence-corrected chi connectivity index (χ2v) is 5.22. The molecule has 126 valence electrons. The lowest BCUT2D eigenvalue weighted by Gasteiger charge is -2.05. The van der Waals surface area contributed by atoms with Gasteiger partial charge in [0, 0.05) is 0 Å². The van der Waals surface area contributed by atoms with Crippen LogP contribution in [0.15, 0.2) is 54.1 Å². The fourth-order valence-electron chi connectivity index (χ4n) is 2.08. The Morgan fingerprint density at radius 3 is 2.48 bits per heavy atom. The molecule has 2 aromatic carbocycles. The summed E-state index contributed by atoms with van der Waals surface area (Å²) in [5, 5.41) is 9.02. The van der Waals surface area contributed by atoms with Gasteiger partial charge in [-0.05, 0) is 49.8 Å². The van der Waals surface area contributed by atoms with Crippen molar-refractivity contribution in [2.75, 3.05) is 6.61 Å². The fraction of sp³-hybridized carbons (Fsp3) is 0.150. The van der Waals surface area contributed by atoms with E-state index in [0.29, 0.717) is 16.9 Å². The lowest BCUT2D eigenvalue weighted by molar-refractivity contribution is -0.137. The van der Waals surface area contributed by atoms with E-state index in [4.69, 9.17) is 14.7 Å². The fourth-order valence-corrected chi connectivity index (χ4v) is 2.08. The maximum atomic E-state index is 12.1. The van der Waals surface area contributed by atoms with Crippen molar-refractivity contribution in [1.29, 1.82) is 5.26 Å². The smallest absolute Gasteiger partial charge is 0.348 e. The predicted octanol–water partition coefficient (Wildman–Crippen LogP) is 3.68. The van der Waals surface area contributed by atoms with Crippen LogP contribution < -0.4 is 4.74 Å². The van der Waals surface area contributed by atoms with E-state index in [0.717, 1.165) is 5.56 Å². The number of hydrogen-bond acceptors (Lipinski definition) is 5. The highest BCUT2D eigenvalue weighted by Crippen LogP contribution is 2.17. The van der Waals surface area contributed by atoms with Crippen molar-refractivity contribution in [2.45, 2.75) is 13.8 Å². The number of nitriles is 1. The molecule has 0 saturated heterocycles. The number of hydrogen-bond donors (Lipinski definition) is 0. The molecular formula is C20H17NO4. The van der Waals surface area contributed by atoms with E-state index < -0.39 is 11.9 Å². The molecule has 5 heteroatoms. The van der Waals surface area contributed by atoms with E-state index in [9.17, 15) is 9.59 Å². The van der Waals surface area contributed by atoms with Crippen LogP contribution in [0.4, 0.5) is 0 Å². The second kappa shape index (κ2) is 8.46. The van der Waals surface area contributed by atoms with Crippen molar-refractivity contribution in [3.8, 4) is 11.8 Å². The largest absolute Gasteiger partial charge is 0.462 e. The lowest BCUT2D eigenvalue weighted by Crippen LogP contribution is -2.08. The Hall–Kier alpha value is -3.39. The van der Waals surface area contributed by atoms with Gasteiger partial charge in [0.25, 0.3) is 0 Å². The van der Waals surface area contributed by atoms with Crippen molar-refractivity contribution in [3.05, 3.63) is 70.8 Å². The van der Waals surface area contributed by atoms with E-state index in [-0.39, 0.29) is 12.2 Å². The molecule has 0 aliphatic rings. The van der Waals surface area contributed by atoms with Crippen LogP contribution in [0, 0.1) is 18.3 Å². The minimum atomic E-state index is -0.667. The molecule has 0 N–H and O–H groups in total. The number of rotatable bonds is 5. The van der Waals surface area contributed by atoms with Gasteiger partial charge in [-0.25, -0.2) is 9.59 Å². The topological polar surface area (TPSA) is 76.4 Å². The highest BCUT2D eigenvalue weighted by atomic mass is 16.5. The van der Waals surface area contributed by atoms with Gasteiger partial charge >= 0.3 is 11.9 Å². The highest BCUT2D eigenvalue weighted by molar-refractivity contribution is 5.97. The third-order valence-electron chi connectivity index (χ3n) is 3.27. The molecule has 0 amide bonds. The van der Waals surface area contributed by atoms with Gasteiger partial charge in [-0.15, -0.1) is 0 Å². The quantitative estimate of drug-likeness (QED) is 0.360. The Morgan fingerprint density at radius 1 is 1.16 bits per heavy atom. The van der Waals surface area contributed by atoms with E-state index in [1.807, 2.05) is 19.1 Å². The van der Waals surface area contributed by atoms with E-state index >= 15 is 0 Å². The van der Waals surface area contributed by atoms with Crippen molar-refractivity contribution in [2.24, 2.45) is 0 Å². The summed E-state index contributed by atoms with van der Waals surface area (Å²) >= 11 is 0. The molecule has 0 radical (unpaired) electrons. The molecule has 0 saturated carbocycles. The Labute approximate surface area is 146 Å². The summed E-state index contributed by atoms with van der Waals surface area (Å²) in [4.78, 5) is 23.7. The number of aryl methyl sites for hydroxylation is 1. The van der Waals surface area contributed by atoms with Gasteiger partial charge in [-0.2, -0.15) is 5.26 Å². The monoisotopic (exact) mass is 335 g/mol. The van der Waals surface area contributed by atoms with Crippen LogP contribution in [0.25, 0.3) is 6.08 Å². The Morgan fingerprint density at radius 2 is 1.88 bits per heavy atom. The number of nitrogens with zero attached hydrogens (tertiary/aromatic N) is 1. The van der Waals surface area contributed by atoms with E-state index in [1.165, 1.54) is 6.08 Å². The molecule has 0 aliphatic carbocycles. The second-order valence-electron chi connectivity index (χ2n) is 5.22. The first kappa shape index (κ1) is 18.0. The Kier molecular flexibility index (Phi) is 6.08.